The first-order chi connectivity index (χ1) is 24.2. The maximum atomic E-state index is 12.8. The summed E-state index contributed by atoms with van der Waals surface area (Å²) in [5, 5.41) is 4.45. The maximum absolute atomic E-state index is 12.8. The lowest BCUT2D eigenvalue weighted by atomic mass is 9.92. The van der Waals surface area contributed by atoms with Gasteiger partial charge in [0.1, 0.15) is 30.5 Å². The van der Waals surface area contributed by atoms with Gasteiger partial charge in [-0.25, -0.2) is 14.8 Å². The fraction of sp³-hybridized carbons (Fsp3) is 0.395. The zero-order valence-corrected chi connectivity index (χ0v) is 29.4. The monoisotopic (exact) mass is 679 g/mol. The Morgan fingerprint density at radius 3 is 2.58 bits per heavy atom. The number of hydrogen-bond acceptors (Lipinski definition) is 7. The van der Waals surface area contributed by atoms with E-state index in [1.165, 1.54) is 7.11 Å². The second-order valence-corrected chi connectivity index (χ2v) is 12.8. The summed E-state index contributed by atoms with van der Waals surface area (Å²) in [7, 11) is 1.26. The van der Waals surface area contributed by atoms with E-state index < -0.39 is 6.09 Å². The van der Waals surface area contributed by atoms with Crippen LogP contribution in [0.2, 0.25) is 0 Å². The molecule has 3 heterocycles. The smallest absolute Gasteiger partial charge is 0.407 e. The highest BCUT2D eigenvalue weighted by molar-refractivity contribution is 6.07. The van der Waals surface area contributed by atoms with Gasteiger partial charge in [0.2, 0.25) is 11.8 Å². The minimum Gasteiger partial charge on any atom is -0.488 e. The number of ether oxygens (including phenoxy) is 2. The predicted octanol–water partition coefficient (Wildman–Crippen LogP) is 6.69. The predicted molar refractivity (Wildman–Crippen MR) is 192 cm³/mol. The van der Waals surface area contributed by atoms with Gasteiger partial charge < -0.3 is 34.6 Å². The van der Waals surface area contributed by atoms with Crippen molar-refractivity contribution in [1.29, 1.82) is 0 Å². The van der Waals surface area contributed by atoms with Crippen molar-refractivity contribution in [3.05, 3.63) is 65.9 Å². The van der Waals surface area contributed by atoms with Crippen LogP contribution < -0.4 is 10.1 Å². The summed E-state index contributed by atoms with van der Waals surface area (Å²) in [5.41, 5.74) is 6.78. The topological polar surface area (TPSA) is 146 Å². The van der Waals surface area contributed by atoms with Crippen LogP contribution >= 0.6 is 0 Å². The van der Waals surface area contributed by atoms with Crippen molar-refractivity contribution < 1.29 is 23.9 Å². The number of methoxy groups -OCH3 is 1. The first-order valence-corrected chi connectivity index (χ1v) is 17.4. The molecule has 5 aromatic rings. The summed E-state index contributed by atoms with van der Waals surface area (Å²) in [5.74, 6) is 2.15. The van der Waals surface area contributed by atoms with Gasteiger partial charge in [-0.15, -0.1) is 0 Å². The van der Waals surface area contributed by atoms with E-state index in [1.54, 1.807) is 4.90 Å². The number of imidazole rings is 2. The molecule has 0 aliphatic carbocycles. The van der Waals surface area contributed by atoms with E-state index in [-0.39, 0.29) is 30.9 Å². The molecule has 12 heteroatoms. The summed E-state index contributed by atoms with van der Waals surface area (Å²) in [6, 6.07) is 14.8. The number of alkyl carbamates (subject to hydrolysis) is 1. The lowest BCUT2D eigenvalue weighted by molar-refractivity contribution is -0.134. The standard InChI is InChI=1S/C38H45N7O5/c1-6-9-35(46)45(23(4)8-3)21-33-39-18-31(42-33)25-10-12-27-26(15-25)22-50-32-17-28-24(16-29(27)32)11-13-30-37(28)43-34(41-30)20-44(14-7-2)36(47)19-40-38(48)49-5/h10-13,15-18,23H,6-9,14,19-22H2,1-5H3,(H,39,42)(H,40,48)(H,41,43)/t23-/m0/s1. The molecule has 2 aromatic heterocycles. The van der Waals surface area contributed by atoms with Gasteiger partial charge in [0.15, 0.2) is 0 Å². The number of rotatable bonds is 13. The molecule has 0 saturated carbocycles. The first-order valence-electron chi connectivity index (χ1n) is 17.4. The molecule has 1 aliphatic heterocycles. The Bertz CT molecular complexity index is 2030. The van der Waals surface area contributed by atoms with Crippen LogP contribution in [0.4, 0.5) is 4.79 Å². The number of hydrogen-bond donors (Lipinski definition) is 3. The number of nitrogens with one attached hydrogen (secondary N) is 3. The number of carbonyl (C=O) groups is 3. The quantitative estimate of drug-likeness (QED) is 0.126. The van der Waals surface area contributed by atoms with Gasteiger partial charge in [0.05, 0.1) is 43.1 Å². The Kier molecular flexibility index (Phi) is 10.4. The SMILES string of the molecule is CCCC(=O)N(Cc1ncc(-c2ccc3c(c2)COc2cc4c(ccc5[nH]c(CN(CCC)C(=O)CNC(=O)OC)nc54)cc2-3)[nH]1)[C@@H](C)CC. The number of nitrogens with zero attached hydrogens (tertiary/aromatic N) is 4. The minimum absolute atomic E-state index is 0.140. The van der Waals surface area contributed by atoms with Gasteiger partial charge in [-0.1, -0.05) is 39.0 Å². The second kappa shape index (κ2) is 15.0. The van der Waals surface area contributed by atoms with E-state index in [2.05, 4.69) is 69.2 Å². The van der Waals surface area contributed by atoms with Crippen molar-refractivity contribution in [1.82, 2.24) is 35.1 Å². The summed E-state index contributed by atoms with van der Waals surface area (Å²) < 4.78 is 10.9. The van der Waals surface area contributed by atoms with Crippen LogP contribution in [0.5, 0.6) is 5.75 Å². The number of aromatic nitrogens is 4. The molecule has 6 rings (SSSR count). The molecule has 0 bridgehead atoms. The Morgan fingerprint density at radius 1 is 0.980 bits per heavy atom. The average Bonchev–Trinajstić information content (AvgIpc) is 3.78. The van der Waals surface area contributed by atoms with E-state index in [4.69, 9.17) is 9.72 Å². The van der Waals surface area contributed by atoms with Gasteiger partial charge in [-0.2, -0.15) is 0 Å². The van der Waals surface area contributed by atoms with Crippen LogP contribution in [0.1, 0.15) is 70.6 Å². The molecule has 0 unspecified atom stereocenters. The van der Waals surface area contributed by atoms with Crippen LogP contribution in [0.15, 0.2) is 48.7 Å². The highest BCUT2D eigenvalue weighted by Gasteiger charge is 2.23. The van der Waals surface area contributed by atoms with Crippen LogP contribution in [-0.2, 0) is 34.0 Å². The number of aromatic amines is 2. The highest BCUT2D eigenvalue weighted by Crippen LogP contribution is 2.42. The van der Waals surface area contributed by atoms with Crippen molar-refractivity contribution in [3.63, 3.8) is 0 Å². The lowest BCUT2D eigenvalue weighted by Crippen LogP contribution is -2.40. The number of benzene rings is 3. The van der Waals surface area contributed by atoms with E-state index in [0.717, 1.165) is 80.6 Å². The highest BCUT2D eigenvalue weighted by atomic mass is 16.5. The summed E-state index contributed by atoms with van der Waals surface area (Å²) in [4.78, 5) is 57.1. The molecule has 0 spiro atoms. The molecule has 1 aliphatic rings. The zero-order chi connectivity index (χ0) is 35.4. The maximum Gasteiger partial charge on any atom is 0.407 e. The van der Waals surface area contributed by atoms with E-state index >= 15 is 0 Å². The molecule has 262 valence electrons. The fourth-order valence-electron chi connectivity index (χ4n) is 6.47. The molecular formula is C38H45N7O5. The molecule has 12 nitrogen and oxygen atoms in total. The molecule has 3 amide bonds. The molecule has 50 heavy (non-hydrogen) atoms. The van der Waals surface area contributed by atoms with Crippen LogP contribution in [0.25, 0.3) is 44.2 Å². The minimum atomic E-state index is -0.646. The summed E-state index contributed by atoms with van der Waals surface area (Å²) in [6.07, 6.45) is 4.19. The van der Waals surface area contributed by atoms with Crippen molar-refractivity contribution in [2.45, 2.75) is 79.1 Å². The average molecular weight is 680 g/mol. The molecule has 0 fully saturated rings. The van der Waals surface area contributed by atoms with Gasteiger partial charge in [0.25, 0.3) is 0 Å². The van der Waals surface area contributed by atoms with Crippen LogP contribution in [-0.4, -0.2) is 73.9 Å². The van der Waals surface area contributed by atoms with E-state index in [0.29, 0.717) is 31.9 Å². The Morgan fingerprint density at radius 2 is 1.82 bits per heavy atom. The van der Waals surface area contributed by atoms with E-state index in [9.17, 15) is 14.4 Å². The normalized spacial score (nSPS) is 12.6. The molecular weight excluding hydrogens is 634 g/mol. The molecule has 3 aromatic carbocycles. The summed E-state index contributed by atoms with van der Waals surface area (Å²) >= 11 is 0. The van der Waals surface area contributed by atoms with E-state index in [1.807, 2.05) is 37.1 Å². The van der Waals surface area contributed by atoms with Crippen LogP contribution in [0, 0.1) is 0 Å². The van der Waals surface area contributed by atoms with Gasteiger partial charge in [0, 0.05) is 30.0 Å². The Labute approximate surface area is 291 Å². The van der Waals surface area contributed by atoms with Gasteiger partial charge in [-0.05, 0) is 72.5 Å². The number of amides is 3. The third kappa shape index (κ3) is 7.15. The molecule has 1 atom stereocenters. The number of carbonyl (C=O) groups excluding carboxylic acids is 3. The largest absolute Gasteiger partial charge is 0.488 e. The lowest BCUT2D eigenvalue weighted by Gasteiger charge is -2.27. The Balaban J connectivity index is 1.23. The third-order valence-electron chi connectivity index (χ3n) is 9.32. The van der Waals surface area contributed by atoms with Crippen molar-refractivity contribution in [3.8, 4) is 28.1 Å². The number of H-pyrrole nitrogens is 2. The zero-order valence-electron chi connectivity index (χ0n) is 29.4. The number of fused-ring (bicyclic) bond motifs is 6. The third-order valence-corrected chi connectivity index (χ3v) is 9.32. The molecule has 0 radical (unpaired) electrons. The van der Waals surface area contributed by atoms with Crippen molar-refractivity contribution in [2.75, 3.05) is 20.2 Å². The Hall–Kier alpha value is -5.39. The van der Waals surface area contributed by atoms with Crippen LogP contribution in [0.3, 0.4) is 0 Å². The fourth-order valence-corrected chi connectivity index (χ4v) is 6.47. The summed E-state index contributed by atoms with van der Waals surface area (Å²) in [6.45, 7) is 9.74. The molecule has 3 N–H and O–H groups in total. The van der Waals surface area contributed by atoms with Gasteiger partial charge in [-0.3, -0.25) is 9.59 Å². The first kappa shape index (κ1) is 34.5. The van der Waals surface area contributed by atoms with Crippen molar-refractivity contribution in [2.24, 2.45) is 0 Å². The van der Waals surface area contributed by atoms with Crippen molar-refractivity contribution >= 4 is 39.7 Å². The second-order valence-electron chi connectivity index (χ2n) is 12.8. The molecule has 0 saturated heterocycles. The van der Waals surface area contributed by atoms with Gasteiger partial charge >= 0.3 is 6.09 Å².